The van der Waals surface area contributed by atoms with Gasteiger partial charge in [-0.1, -0.05) is 39.5 Å². The average Bonchev–Trinajstić information content (AvgIpc) is 2.94. The van der Waals surface area contributed by atoms with Crippen molar-refractivity contribution in [1.29, 1.82) is 0 Å². The van der Waals surface area contributed by atoms with E-state index in [1.807, 2.05) is 0 Å². The van der Waals surface area contributed by atoms with E-state index in [2.05, 4.69) is 81.2 Å². The Morgan fingerprint density at radius 2 is 1.61 bits per heavy atom. The average molecular weight is 578 g/mol. The van der Waals surface area contributed by atoms with Crippen LogP contribution in [0.5, 0.6) is 0 Å². The molecule has 8 heteroatoms. The van der Waals surface area contributed by atoms with E-state index in [9.17, 15) is 0 Å². The number of fused-ring (bicyclic) bond motifs is 1. The van der Waals surface area contributed by atoms with Gasteiger partial charge in [0, 0.05) is 37.7 Å². The molecule has 0 radical (unpaired) electrons. The standard InChI is InChI=1S/C33H56N5O2.Na/c1-7-39-23-11-8-12-24-40-25-22-37(5)21-13-20-34-32-29-14-9-10-15-30(29)35-31(36-32)26-38(6)28-18-16-27(17-19-28)33(2,3)4;/h9-10,14-15,27-28H,1,7-8,11-13,16-26H2,2-6H3,(H,34,35,36);/q-1;+1. The van der Waals surface area contributed by atoms with Crippen LogP contribution < -0.4 is 34.9 Å². The number of aromatic nitrogens is 2. The number of hydrogen-bond donors (Lipinski definition) is 1. The maximum absolute atomic E-state index is 5.81. The molecule has 1 aliphatic carbocycles. The van der Waals surface area contributed by atoms with Crippen LogP contribution in [-0.2, 0) is 16.0 Å². The molecule has 41 heavy (non-hydrogen) atoms. The quantitative estimate of drug-likeness (QED) is 0.166. The van der Waals surface area contributed by atoms with Crippen molar-refractivity contribution in [1.82, 2.24) is 19.8 Å². The second-order valence-electron chi connectivity index (χ2n) is 12.7. The van der Waals surface area contributed by atoms with Crippen molar-refractivity contribution in [2.24, 2.45) is 11.3 Å². The van der Waals surface area contributed by atoms with E-state index < -0.39 is 0 Å². The summed E-state index contributed by atoms with van der Waals surface area (Å²) in [5.74, 6) is 2.69. The number of likely N-dealkylation sites (N-methyl/N-ethyl adjacent to an activating group) is 1. The Balaban J connectivity index is 0.00000588. The number of ether oxygens (including phenoxy) is 2. The zero-order chi connectivity index (χ0) is 28.8. The Kier molecular flexibility index (Phi) is 17.3. The molecule has 0 amide bonds. The SMILES string of the molecule is [CH2-]COCCCCCOCCN(C)CCCNc1nc(CN(C)C2CCC(C(C)(C)C)CC2)nc2ccccc12.[Na+]. The molecule has 3 rings (SSSR count). The number of hydrogen-bond acceptors (Lipinski definition) is 7. The summed E-state index contributed by atoms with van der Waals surface area (Å²) in [6, 6.07) is 8.97. The molecule has 0 saturated heterocycles. The maximum Gasteiger partial charge on any atom is 1.00 e. The van der Waals surface area contributed by atoms with Gasteiger partial charge in [-0.3, -0.25) is 4.90 Å². The van der Waals surface area contributed by atoms with Crippen LogP contribution >= 0.6 is 0 Å². The number of rotatable bonds is 18. The van der Waals surface area contributed by atoms with Gasteiger partial charge in [0.1, 0.15) is 11.6 Å². The summed E-state index contributed by atoms with van der Waals surface area (Å²) < 4.78 is 11.1. The molecule has 226 valence electrons. The number of nitrogens with zero attached hydrogens (tertiary/aromatic N) is 4. The zero-order valence-corrected chi connectivity index (χ0v) is 29.1. The number of anilines is 1. The van der Waals surface area contributed by atoms with Gasteiger partial charge in [-0.2, -0.15) is 0 Å². The van der Waals surface area contributed by atoms with E-state index in [1.165, 1.54) is 25.7 Å². The van der Waals surface area contributed by atoms with Crippen LogP contribution in [0.4, 0.5) is 5.82 Å². The summed E-state index contributed by atoms with van der Waals surface area (Å²) in [5.41, 5.74) is 1.43. The van der Waals surface area contributed by atoms with Crippen molar-refractivity contribution in [2.75, 3.05) is 65.5 Å². The summed E-state index contributed by atoms with van der Waals surface area (Å²) in [6.45, 7) is 17.5. The minimum absolute atomic E-state index is 0. The molecule has 0 bridgehead atoms. The Morgan fingerprint density at radius 3 is 2.32 bits per heavy atom. The third-order valence-corrected chi connectivity index (χ3v) is 8.43. The fraction of sp³-hybridized carbons (Fsp3) is 0.727. The van der Waals surface area contributed by atoms with Crippen LogP contribution in [0.25, 0.3) is 10.9 Å². The predicted octanol–water partition coefficient (Wildman–Crippen LogP) is 3.44. The molecule has 1 heterocycles. The molecule has 0 spiro atoms. The van der Waals surface area contributed by atoms with Crippen molar-refractivity contribution >= 4 is 16.7 Å². The summed E-state index contributed by atoms with van der Waals surface area (Å²) >= 11 is 0. The van der Waals surface area contributed by atoms with Crippen molar-refractivity contribution in [2.45, 2.75) is 84.7 Å². The first kappa shape index (κ1) is 36.4. The van der Waals surface area contributed by atoms with Gasteiger partial charge in [0.25, 0.3) is 0 Å². The maximum atomic E-state index is 5.81. The van der Waals surface area contributed by atoms with Crippen molar-refractivity contribution in [3.05, 3.63) is 37.0 Å². The predicted molar refractivity (Wildman–Crippen MR) is 168 cm³/mol. The first-order valence-electron chi connectivity index (χ1n) is 15.6. The van der Waals surface area contributed by atoms with Crippen LogP contribution in [0.2, 0.25) is 0 Å². The van der Waals surface area contributed by atoms with Gasteiger partial charge in [0.2, 0.25) is 0 Å². The van der Waals surface area contributed by atoms with Gasteiger partial charge in [0.05, 0.1) is 18.7 Å². The van der Waals surface area contributed by atoms with E-state index in [0.29, 0.717) is 18.1 Å². The Morgan fingerprint density at radius 1 is 0.902 bits per heavy atom. The molecule has 2 aromatic rings. The van der Waals surface area contributed by atoms with E-state index in [0.717, 1.165) is 100 Å². The molecular formula is C33H56N5NaO2. The second kappa shape index (κ2) is 19.5. The molecule has 1 aromatic carbocycles. The minimum atomic E-state index is 0. The third-order valence-electron chi connectivity index (χ3n) is 8.43. The number of nitrogens with one attached hydrogen (secondary N) is 1. The smallest absolute Gasteiger partial charge is 0.413 e. The van der Waals surface area contributed by atoms with Crippen LogP contribution in [0.15, 0.2) is 24.3 Å². The van der Waals surface area contributed by atoms with Gasteiger partial charge in [-0.15, -0.1) is 0 Å². The van der Waals surface area contributed by atoms with Gasteiger partial charge in [0.15, 0.2) is 0 Å². The fourth-order valence-electron chi connectivity index (χ4n) is 5.74. The molecule has 0 unspecified atom stereocenters. The normalized spacial score (nSPS) is 17.8. The molecule has 1 fully saturated rings. The second-order valence-corrected chi connectivity index (χ2v) is 12.7. The number of benzene rings is 1. The van der Waals surface area contributed by atoms with Crippen molar-refractivity contribution in [3.63, 3.8) is 0 Å². The Hall–Kier alpha value is -0.800. The molecule has 1 aliphatic rings. The molecule has 7 nitrogen and oxygen atoms in total. The first-order chi connectivity index (χ1) is 19.3. The van der Waals surface area contributed by atoms with Crippen LogP contribution in [-0.4, -0.2) is 86.0 Å². The molecule has 1 aromatic heterocycles. The Labute approximate surface area is 272 Å². The van der Waals surface area contributed by atoms with Gasteiger partial charge in [-0.05, 0) is 95.5 Å². The largest absolute Gasteiger partial charge is 1.00 e. The van der Waals surface area contributed by atoms with Crippen LogP contribution in [0.1, 0.15) is 78.0 Å². The monoisotopic (exact) mass is 577 g/mol. The number of unbranched alkanes of at least 4 members (excludes halogenated alkanes) is 2. The van der Waals surface area contributed by atoms with E-state index >= 15 is 0 Å². The molecule has 1 saturated carbocycles. The van der Waals surface area contributed by atoms with E-state index in [1.54, 1.807) is 0 Å². The summed E-state index contributed by atoms with van der Waals surface area (Å²) in [7, 11) is 4.41. The van der Waals surface area contributed by atoms with Gasteiger partial charge >= 0.3 is 29.6 Å². The van der Waals surface area contributed by atoms with Crippen molar-refractivity contribution in [3.8, 4) is 0 Å². The molecule has 1 N–H and O–H groups in total. The van der Waals surface area contributed by atoms with Gasteiger partial charge < -0.3 is 26.6 Å². The fourth-order valence-corrected chi connectivity index (χ4v) is 5.74. The Bertz CT molecular complexity index is 978. The summed E-state index contributed by atoms with van der Waals surface area (Å²) in [6.07, 6.45) is 9.55. The number of para-hydroxylation sites is 1. The zero-order valence-electron chi connectivity index (χ0n) is 27.1. The first-order valence-corrected chi connectivity index (χ1v) is 15.6. The molecule has 0 atom stereocenters. The van der Waals surface area contributed by atoms with E-state index in [-0.39, 0.29) is 29.6 Å². The molecular weight excluding hydrogens is 521 g/mol. The summed E-state index contributed by atoms with van der Waals surface area (Å²) in [5, 5.41) is 4.72. The minimum Gasteiger partial charge on any atom is -0.413 e. The van der Waals surface area contributed by atoms with Crippen LogP contribution in [0.3, 0.4) is 0 Å². The van der Waals surface area contributed by atoms with Crippen LogP contribution in [0, 0.1) is 18.3 Å². The topological polar surface area (TPSA) is 62.8 Å². The van der Waals surface area contributed by atoms with Crippen molar-refractivity contribution < 1.29 is 39.0 Å². The molecule has 0 aliphatic heterocycles. The third kappa shape index (κ3) is 13.2. The van der Waals surface area contributed by atoms with Gasteiger partial charge in [-0.25, -0.2) is 9.97 Å². The van der Waals surface area contributed by atoms with E-state index in [4.69, 9.17) is 19.4 Å². The summed E-state index contributed by atoms with van der Waals surface area (Å²) in [4.78, 5) is 14.7.